The van der Waals surface area contributed by atoms with Crippen LogP contribution in [0.3, 0.4) is 0 Å². The Balaban J connectivity index is 1.60. The molecule has 0 fully saturated rings. The van der Waals surface area contributed by atoms with Crippen molar-refractivity contribution in [1.29, 1.82) is 0 Å². The third-order valence-electron chi connectivity index (χ3n) is 6.84. The van der Waals surface area contributed by atoms with Gasteiger partial charge in [-0.2, -0.15) is 11.8 Å². The number of aliphatic carboxylic acids is 1. The standard InChI is InChI=1S/C31H35NO8S2/c1-4-41-18-29(22-10-12-27-28(16-22)40-19-39-27)38-17-21-9-11-24(25(15-21)23-8-6-5-7-20(23)2)30(33)32-26(31(34)35)13-14-42(3,36)37/h5-12,15-16,26,29H,4,13-14,17-19H2,1-3H3,(H,32,33)(H,34,35)/t26-,29-/m0/s1. The molecule has 1 aliphatic heterocycles. The van der Waals surface area contributed by atoms with Crippen LogP contribution in [0, 0.1) is 6.92 Å². The monoisotopic (exact) mass is 613 g/mol. The predicted molar refractivity (Wildman–Crippen MR) is 163 cm³/mol. The first-order valence-electron chi connectivity index (χ1n) is 13.5. The van der Waals surface area contributed by atoms with Crippen LogP contribution in [0.2, 0.25) is 0 Å². The Morgan fingerprint density at radius 3 is 2.52 bits per heavy atom. The van der Waals surface area contributed by atoms with Crippen molar-refractivity contribution < 1.29 is 37.3 Å². The van der Waals surface area contributed by atoms with E-state index < -0.39 is 27.8 Å². The number of nitrogens with one attached hydrogen (secondary N) is 1. The lowest BCUT2D eigenvalue weighted by molar-refractivity contribution is -0.139. The van der Waals surface area contributed by atoms with Gasteiger partial charge in [-0.05, 0) is 71.2 Å². The van der Waals surface area contributed by atoms with Crippen LogP contribution in [0.15, 0.2) is 60.7 Å². The number of amides is 1. The number of carboxylic acids is 1. The molecule has 0 aliphatic carbocycles. The molecular weight excluding hydrogens is 578 g/mol. The van der Waals surface area contributed by atoms with Gasteiger partial charge in [0.15, 0.2) is 11.5 Å². The molecule has 0 radical (unpaired) electrons. The second-order valence-corrected chi connectivity index (χ2v) is 13.6. The zero-order valence-corrected chi connectivity index (χ0v) is 25.4. The molecule has 3 aromatic carbocycles. The zero-order chi connectivity index (χ0) is 30.3. The van der Waals surface area contributed by atoms with Crippen LogP contribution in [0.25, 0.3) is 11.1 Å². The Morgan fingerprint density at radius 1 is 1.05 bits per heavy atom. The van der Waals surface area contributed by atoms with E-state index in [9.17, 15) is 23.1 Å². The van der Waals surface area contributed by atoms with Crippen LogP contribution in [-0.2, 0) is 26.0 Å². The van der Waals surface area contributed by atoms with Gasteiger partial charge in [-0.15, -0.1) is 0 Å². The molecule has 2 N–H and O–H groups in total. The number of sulfone groups is 1. The van der Waals surface area contributed by atoms with E-state index in [2.05, 4.69) is 12.2 Å². The second kappa shape index (κ2) is 14.1. The molecule has 11 heteroatoms. The molecule has 224 valence electrons. The predicted octanol–water partition coefficient (Wildman–Crippen LogP) is 5.02. The van der Waals surface area contributed by atoms with Gasteiger partial charge in [-0.1, -0.05) is 43.3 Å². The van der Waals surface area contributed by atoms with E-state index in [0.29, 0.717) is 17.1 Å². The van der Waals surface area contributed by atoms with Crippen molar-refractivity contribution >= 4 is 33.5 Å². The number of carbonyl (C=O) groups is 2. The summed E-state index contributed by atoms with van der Waals surface area (Å²) in [6.07, 6.45) is 0.589. The fourth-order valence-corrected chi connectivity index (χ4v) is 5.98. The quantitative estimate of drug-likeness (QED) is 0.258. The van der Waals surface area contributed by atoms with Gasteiger partial charge in [0.05, 0.1) is 18.5 Å². The van der Waals surface area contributed by atoms with Crippen LogP contribution in [0.4, 0.5) is 0 Å². The van der Waals surface area contributed by atoms with Gasteiger partial charge < -0.3 is 24.6 Å². The normalized spacial score (nSPS) is 13.9. The molecule has 0 aromatic heterocycles. The van der Waals surface area contributed by atoms with Gasteiger partial charge in [-0.25, -0.2) is 13.2 Å². The second-order valence-electron chi connectivity index (χ2n) is 10.0. The summed E-state index contributed by atoms with van der Waals surface area (Å²) in [5, 5.41) is 12.1. The summed E-state index contributed by atoms with van der Waals surface area (Å²) in [6.45, 7) is 4.50. The van der Waals surface area contributed by atoms with Crippen molar-refractivity contribution in [3.63, 3.8) is 0 Å². The van der Waals surface area contributed by atoms with Gasteiger partial charge >= 0.3 is 5.97 Å². The van der Waals surface area contributed by atoms with Crippen LogP contribution < -0.4 is 14.8 Å². The van der Waals surface area contributed by atoms with Crippen molar-refractivity contribution in [3.05, 3.63) is 82.9 Å². The van der Waals surface area contributed by atoms with Gasteiger partial charge in [0.1, 0.15) is 15.9 Å². The lowest BCUT2D eigenvalue weighted by atomic mass is 9.93. The summed E-state index contributed by atoms with van der Waals surface area (Å²) in [6, 6.07) is 17.4. The third kappa shape index (κ3) is 8.27. The Bertz CT molecular complexity index is 1540. The average Bonchev–Trinajstić information content (AvgIpc) is 3.43. The first-order chi connectivity index (χ1) is 20.1. The molecular formula is C31H35NO8S2. The number of hydrogen-bond acceptors (Lipinski definition) is 8. The van der Waals surface area contributed by atoms with Gasteiger partial charge in [-0.3, -0.25) is 4.79 Å². The number of aryl methyl sites for hydroxylation is 1. The van der Waals surface area contributed by atoms with E-state index >= 15 is 0 Å². The lowest BCUT2D eigenvalue weighted by Crippen LogP contribution is -2.42. The van der Waals surface area contributed by atoms with Crippen molar-refractivity contribution in [2.75, 3.05) is 30.3 Å². The summed E-state index contributed by atoms with van der Waals surface area (Å²) < 4.78 is 40.6. The maximum absolute atomic E-state index is 13.4. The number of carboxylic acid groups (broad SMARTS) is 1. The SMILES string of the molecule is CCSC[C@H](OCc1ccc(C(=O)N[C@@H](CCS(C)(=O)=O)C(=O)O)c(-c2ccccc2C)c1)c1ccc2c(c1)OCO2. The van der Waals surface area contributed by atoms with E-state index in [4.69, 9.17) is 14.2 Å². The van der Waals surface area contributed by atoms with Crippen molar-refractivity contribution in [1.82, 2.24) is 5.32 Å². The molecule has 0 bridgehead atoms. The first kappa shape index (κ1) is 31.4. The largest absolute Gasteiger partial charge is 0.480 e. The summed E-state index contributed by atoms with van der Waals surface area (Å²) in [4.78, 5) is 25.2. The maximum Gasteiger partial charge on any atom is 0.326 e. The van der Waals surface area contributed by atoms with Crippen LogP contribution >= 0.6 is 11.8 Å². The van der Waals surface area contributed by atoms with E-state index in [0.717, 1.165) is 40.0 Å². The number of thioether (sulfide) groups is 1. The average molecular weight is 614 g/mol. The van der Waals surface area contributed by atoms with E-state index in [1.54, 1.807) is 23.9 Å². The van der Waals surface area contributed by atoms with Gasteiger partial charge in [0.25, 0.3) is 5.91 Å². The fraction of sp³-hybridized carbons (Fsp3) is 0.355. The van der Waals surface area contributed by atoms with Crippen molar-refractivity contribution in [2.45, 2.75) is 39.0 Å². The minimum atomic E-state index is -3.40. The molecule has 1 amide bonds. The topological polar surface area (TPSA) is 128 Å². The number of fused-ring (bicyclic) bond motifs is 1. The van der Waals surface area contributed by atoms with Crippen molar-refractivity contribution in [2.24, 2.45) is 0 Å². The first-order valence-corrected chi connectivity index (χ1v) is 16.8. The molecule has 9 nitrogen and oxygen atoms in total. The molecule has 1 heterocycles. The highest BCUT2D eigenvalue weighted by molar-refractivity contribution is 7.99. The van der Waals surface area contributed by atoms with Crippen LogP contribution in [0.1, 0.15) is 46.5 Å². The maximum atomic E-state index is 13.4. The van der Waals surface area contributed by atoms with Crippen LogP contribution in [-0.4, -0.2) is 61.7 Å². The van der Waals surface area contributed by atoms with Gasteiger partial charge in [0, 0.05) is 17.6 Å². The minimum absolute atomic E-state index is 0.195. The number of hydrogen-bond donors (Lipinski definition) is 2. The molecule has 42 heavy (non-hydrogen) atoms. The highest BCUT2D eigenvalue weighted by atomic mass is 32.2. The Morgan fingerprint density at radius 2 is 1.81 bits per heavy atom. The number of carbonyl (C=O) groups excluding carboxylic acids is 1. The fourth-order valence-electron chi connectivity index (χ4n) is 4.58. The molecule has 0 saturated heterocycles. The third-order valence-corrected chi connectivity index (χ3v) is 8.76. The van der Waals surface area contributed by atoms with E-state index in [-0.39, 0.29) is 37.2 Å². The summed E-state index contributed by atoms with van der Waals surface area (Å²) in [7, 11) is -3.40. The van der Waals surface area contributed by atoms with Crippen LogP contribution in [0.5, 0.6) is 11.5 Å². The number of benzene rings is 3. The highest BCUT2D eigenvalue weighted by Crippen LogP contribution is 2.36. The zero-order valence-electron chi connectivity index (χ0n) is 23.8. The smallest absolute Gasteiger partial charge is 0.326 e. The number of ether oxygens (including phenoxy) is 3. The molecule has 3 aromatic rings. The number of rotatable bonds is 14. The van der Waals surface area contributed by atoms with Gasteiger partial charge in [0.2, 0.25) is 6.79 Å². The molecule has 2 atom stereocenters. The summed E-state index contributed by atoms with van der Waals surface area (Å²) in [5.41, 5.74) is 4.48. The van der Waals surface area contributed by atoms with Crippen molar-refractivity contribution in [3.8, 4) is 22.6 Å². The summed E-state index contributed by atoms with van der Waals surface area (Å²) in [5.74, 6) is 0.827. The van der Waals surface area contributed by atoms with E-state index in [1.807, 2.05) is 55.5 Å². The Kier molecular flexibility index (Phi) is 10.5. The Labute approximate surface area is 250 Å². The van der Waals surface area contributed by atoms with E-state index in [1.165, 1.54) is 0 Å². The molecule has 0 unspecified atom stereocenters. The minimum Gasteiger partial charge on any atom is -0.480 e. The Hall–Kier alpha value is -3.54. The molecule has 0 saturated carbocycles. The summed E-state index contributed by atoms with van der Waals surface area (Å²) >= 11 is 1.77. The molecule has 4 rings (SSSR count). The highest BCUT2D eigenvalue weighted by Gasteiger charge is 2.25. The lowest BCUT2D eigenvalue weighted by Gasteiger charge is -2.20. The molecule has 1 aliphatic rings. The molecule has 0 spiro atoms.